The van der Waals surface area contributed by atoms with Crippen molar-refractivity contribution in [1.29, 1.82) is 0 Å². The molecule has 9 aromatic rings. The fourth-order valence-corrected chi connectivity index (χ4v) is 15.5. The lowest BCUT2D eigenvalue weighted by Crippen LogP contribution is -2.64. The third-order valence-corrected chi connectivity index (χ3v) is 19.4. The normalized spacial score (nSPS) is 23.6. The molecule has 4 atom stereocenters. The first-order valence-electron chi connectivity index (χ1n) is 26.5. The standard InChI is InChI=1S/C68H58BN3/c1-65-36-18-19-37-67(65,3)72-62-44-53(71-59-32-17-16-31-55(59)66(2)38-35-48-27-14-15-30-54(48)68(66,71)4)43-61-63(62)69(58-41-51(40-56(65)64(58)72)47-25-12-7-13-26-47)57-34-33-50(46-23-10-6-11-24-46)42-60(57)70(61)52-29-20-28-49(39-52)45-21-8-5-9-22-45/h5-17,20-34,39-44H,18-19,35-38H2,1-4H3. The van der Waals surface area contributed by atoms with Crippen LogP contribution in [-0.2, 0) is 22.8 Å². The highest BCUT2D eigenvalue weighted by Crippen LogP contribution is 2.66. The van der Waals surface area contributed by atoms with Gasteiger partial charge in [0.25, 0.3) is 6.71 Å². The summed E-state index contributed by atoms with van der Waals surface area (Å²) >= 11 is 0. The SMILES string of the molecule is CC12CCCCC1(C)N1c3cc(N4c5ccccc5C5(C)CCc6ccccc6C45C)cc4c3B(c3ccc(-c5ccccc5)cc3N4c3cccc(-c4ccccc4)c3)c3cc(-c4ccccc4)cc2c31. The Morgan fingerprint density at radius 3 is 1.76 bits per heavy atom. The van der Waals surface area contributed by atoms with Gasteiger partial charge in [0.1, 0.15) is 0 Å². The van der Waals surface area contributed by atoms with E-state index in [1.165, 1.54) is 131 Å². The van der Waals surface area contributed by atoms with Crippen molar-refractivity contribution in [2.45, 2.75) is 88.1 Å². The summed E-state index contributed by atoms with van der Waals surface area (Å²) in [5.41, 5.74) is 25.9. The number of benzene rings is 9. The fraction of sp³-hybridized carbons (Fsp3) is 0.206. The summed E-state index contributed by atoms with van der Waals surface area (Å²) in [6, 6.07) is 79.1. The Hall–Kier alpha value is -7.56. The zero-order valence-electron chi connectivity index (χ0n) is 41.8. The smallest absolute Gasteiger partial charge is 0.252 e. The van der Waals surface area contributed by atoms with Gasteiger partial charge >= 0.3 is 0 Å². The molecule has 0 N–H and O–H groups in total. The maximum Gasteiger partial charge on any atom is 0.252 e. The number of para-hydroxylation sites is 1. The van der Waals surface area contributed by atoms with Crippen LogP contribution in [0.1, 0.15) is 82.1 Å². The van der Waals surface area contributed by atoms with Crippen molar-refractivity contribution in [3.8, 4) is 33.4 Å². The molecule has 15 rings (SSSR count). The summed E-state index contributed by atoms with van der Waals surface area (Å²) in [7, 11) is 0. The molecule has 0 aromatic heterocycles. The lowest BCUT2D eigenvalue weighted by atomic mass is 9.33. The third-order valence-electron chi connectivity index (χ3n) is 19.4. The van der Waals surface area contributed by atoms with Gasteiger partial charge in [-0.05, 0) is 154 Å². The van der Waals surface area contributed by atoms with E-state index < -0.39 is 0 Å². The van der Waals surface area contributed by atoms with Crippen LogP contribution in [0.4, 0.5) is 39.8 Å². The van der Waals surface area contributed by atoms with Gasteiger partial charge in [-0.2, -0.15) is 0 Å². The number of hydrogen-bond acceptors (Lipinski definition) is 3. The van der Waals surface area contributed by atoms with E-state index in [1.54, 1.807) is 0 Å². The largest absolute Gasteiger partial charge is 0.335 e. The van der Waals surface area contributed by atoms with Gasteiger partial charge in [-0.15, -0.1) is 0 Å². The first kappa shape index (κ1) is 42.2. The maximum absolute atomic E-state index is 2.92. The van der Waals surface area contributed by atoms with Crippen LogP contribution in [0.3, 0.4) is 0 Å². The Balaban J connectivity index is 1.08. The molecule has 0 radical (unpaired) electrons. The van der Waals surface area contributed by atoms with Crippen LogP contribution in [0.25, 0.3) is 33.4 Å². The number of aryl methyl sites for hydroxylation is 1. The minimum absolute atomic E-state index is 0.000526. The van der Waals surface area contributed by atoms with Gasteiger partial charge in [-0.1, -0.05) is 190 Å². The molecule has 4 heteroatoms. The summed E-state index contributed by atoms with van der Waals surface area (Å²) < 4.78 is 0. The van der Waals surface area contributed by atoms with E-state index in [0.29, 0.717) is 0 Å². The highest BCUT2D eigenvalue weighted by Gasteiger charge is 2.63. The Labute approximate surface area is 425 Å². The Morgan fingerprint density at radius 2 is 1.01 bits per heavy atom. The van der Waals surface area contributed by atoms with Crippen LogP contribution >= 0.6 is 0 Å². The molecular weight excluding hydrogens is 870 g/mol. The van der Waals surface area contributed by atoms with Crippen molar-refractivity contribution in [2.24, 2.45) is 0 Å². The van der Waals surface area contributed by atoms with E-state index in [-0.39, 0.29) is 28.6 Å². The van der Waals surface area contributed by atoms with Gasteiger partial charge in [0.05, 0.1) is 11.1 Å². The number of hydrogen-bond donors (Lipinski definition) is 0. The van der Waals surface area contributed by atoms with Crippen molar-refractivity contribution in [3.05, 3.63) is 229 Å². The van der Waals surface area contributed by atoms with E-state index >= 15 is 0 Å². The summed E-state index contributed by atoms with van der Waals surface area (Å²) in [5.74, 6) is 0. The molecule has 72 heavy (non-hydrogen) atoms. The number of fused-ring (bicyclic) bond motifs is 12. The van der Waals surface area contributed by atoms with Crippen LogP contribution in [0.15, 0.2) is 206 Å². The summed E-state index contributed by atoms with van der Waals surface area (Å²) in [6.07, 6.45) is 6.92. The summed E-state index contributed by atoms with van der Waals surface area (Å²) in [6.45, 7) is 10.4. The molecule has 4 unspecified atom stereocenters. The third kappa shape index (κ3) is 5.43. The minimum atomic E-state index is -0.354. The Kier molecular flexibility index (Phi) is 8.78. The van der Waals surface area contributed by atoms with Crippen molar-refractivity contribution in [2.75, 3.05) is 14.7 Å². The predicted octanol–water partition coefficient (Wildman–Crippen LogP) is 15.3. The van der Waals surface area contributed by atoms with Gasteiger partial charge in [-0.25, -0.2) is 0 Å². The van der Waals surface area contributed by atoms with E-state index in [4.69, 9.17) is 0 Å². The summed E-state index contributed by atoms with van der Waals surface area (Å²) in [4.78, 5) is 8.38. The van der Waals surface area contributed by atoms with Gasteiger partial charge in [0, 0.05) is 50.6 Å². The van der Waals surface area contributed by atoms with Crippen molar-refractivity contribution >= 4 is 62.9 Å². The van der Waals surface area contributed by atoms with Gasteiger partial charge in [0.2, 0.25) is 0 Å². The highest BCUT2D eigenvalue weighted by molar-refractivity contribution is 7.00. The first-order valence-corrected chi connectivity index (χ1v) is 26.5. The van der Waals surface area contributed by atoms with E-state index in [2.05, 4.69) is 249 Å². The molecular formula is C68H58BN3. The summed E-state index contributed by atoms with van der Waals surface area (Å²) in [5, 5.41) is 0. The fourth-order valence-electron chi connectivity index (χ4n) is 15.5. The molecule has 3 nitrogen and oxygen atoms in total. The molecule has 0 spiro atoms. The number of anilines is 7. The Morgan fingerprint density at radius 1 is 0.389 bits per heavy atom. The van der Waals surface area contributed by atoms with Gasteiger partial charge < -0.3 is 14.7 Å². The van der Waals surface area contributed by atoms with Crippen molar-refractivity contribution in [1.82, 2.24) is 0 Å². The molecule has 0 amide bonds. The molecule has 0 saturated heterocycles. The second-order valence-corrected chi connectivity index (χ2v) is 22.6. The molecule has 1 saturated carbocycles. The van der Waals surface area contributed by atoms with E-state index in [1.807, 2.05) is 0 Å². The lowest BCUT2D eigenvalue weighted by molar-refractivity contribution is 0.195. The van der Waals surface area contributed by atoms with Crippen LogP contribution in [0.2, 0.25) is 0 Å². The zero-order valence-corrected chi connectivity index (χ0v) is 41.8. The molecule has 348 valence electrons. The molecule has 9 aromatic carbocycles. The zero-order chi connectivity index (χ0) is 48.1. The average molecular weight is 928 g/mol. The molecule has 2 aliphatic carbocycles. The molecule has 1 fully saturated rings. The van der Waals surface area contributed by atoms with Gasteiger partial charge in [-0.3, -0.25) is 0 Å². The molecule has 0 bridgehead atoms. The quantitative estimate of drug-likeness (QED) is 0.159. The second-order valence-electron chi connectivity index (χ2n) is 22.6. The predicted molar refractivity (Wildman–Crippen MR) is 303 cm³/mol. The lowest BCUT2D eigenvalue weighted by Gasteiger charge is -2.54. The maximum atomic E-state index is 2.92. The monoisotopic (exact) mass is 927 g/mol. The average Bonchev–Trinajstić information content (AvgIpc) is 3.79. The van der Waals surface area contributed by atoms with E-state index in [9.17, 15) is 0 Å². The minimum Gasteiger partial charge on any atom is -0.335 e. The van der Waals surface area contributed by atoms with Crippen molar-refractivity contribution < 1.29 is 0 Å². The van der Waals surface area contributed by atoms with Crippen LogP contribution in [0, 0.1) is 0 Å². The van der Waals surface area contributed by atoms with Crippen molar-refractivity contribution in [3.63, 3.8) is 0 Å². The van der Waals surface area contributed by atoms with Gasteiger partial charge in [0.15, 0.2) is 0 Å². The van der Waals surface area contributed by atoms with E-state index in [0.717, 1.165) is 19.3 Å². The highest BCUT2D eigenvalue weighted by atomic mass is 15.3. The van der Waals surface area contributed by atoms with Crippen LogP contribution < -0.4 is 31.1 Å². The van der Waals surface area contributed by atoms with Crippen LogP contribution in [-0.4, -0.2) is 12.3 Å². The van der Waals surface area contributed by atoms with Crippen LogP contribution in [0.5, 0.6) is 0 Å². The molecule has 4 heterocycles. The number of nitrogens with zero attached hydrogens (tertiary/aromatic N) is 3. The first-order chi connectivity index (χ1) is 35.2. The molecule has 6 aliphatic rings. The molecule has 4 aliphatic heterocycles. The topological polar surface area (TPSA) is 9.72 Å². The number of rotatable bonds is 5. The second kappa shape index (κ2) is 15.0. The Bertz CT molecular complexity index is 3700.